The lowest BCUT2D eigenvalue weighted by Gasteiger charge is -2.49. The Hall–Kier alpha value is -1.32. The van der Waals surface area contributed by atoms with Crippen LogP contribution in [0.1, 0.15) is 33.4 Å². The summed E-state index contributed by atoms with van der Waals surface area (Å²) in [6, 6.07) is 10.5. The van der Waals surface area contributed by atoms with E-state index in [4.69, 9.17) is 9.47 Å². The second-order valence-electron chi connectivity index (χ2n) is 7.43. The number of benzene rings is 1. The van der Waals surface area contributed by atoms with E-state index in [1.54, 1.807) is 11.3 Å². The molecule has 0 bridgehead atoms. The van der Waals surface area contributed by atoms with Crippen LogP contribution in [0.4, 0.5) is 0 Å². The van der Waals surface area contributed by atoms with E-state index in [1.807, 2.05) is 6.07 Å². The van der Waals surface area contributed by atoms with Crippen LogP contribution in [0.5, 0.6) is 0 Å². The molecule has 0 amide bonds. The number of ether oxygens (including phenoxy) is 2. The average Bonchev–Trinajstić information content (AvgIpc) is 3.13. The van der Waals surface area contributed by atoms with Gasteiger partial charge in [0.15, 0.2) is 0 Å². The Morgan fingerprint density at radius 1 is 1.11 bits per heavy atom. The molecule has 3 heterocycles. The molecule has 28 heavy (non-hydrogen) atoms. The molecule has 0 radical (unpaired) electrons. The standard InChI is InChI=1S/C21H26O6S/c1-2-12-3-5-13(6-4-12)9-14-10-15-17(28-14)7-8-26-21(15)20(25)19(24)18(23)16(11-22)27-21/h3-6,10,16,18-20,22-25H,2,7-9,11H2,1H3/t16-,18-,19+,20-,21?/m1/s1. The summed E-state index contributed by atoms with van der Waals surface area (Å²) in [5.74, 6) is -1.57. The lowest BCUT2D eigenvalue weighted by Crippen LogP contribution is -2.65. The van der Waals surface area contributed by atoms with E-state index < -0.39 is 36.8 Å². The van der Waals surface area contributed by atoms with Crippen molar-refractivity contribution in [1.29, 1.82) is 0 Å². The fourth-order valence-corrected chi connectivity index (χ4v) is 5.23. The summed E-state index contributed by atoms with van der Waals surface area (Å²) in [6.07, 6.45) is -2.89. The molecule has 0 aliphatic carbocycles. The lowest BCUT2D eigenvalue weighted by atomic mass is 9.86. The maximum atomic E-state index is 10.7. The van der Waals surface area contributed by atoms with Crippen LogP contribution in [0.15, 0.2) is 30.3 Å². The van der Waals surface area contributed by atoms with Crippen molar-refractivity contribution in [3.05, 3.63) is 56.8 Å². The van der Waals surface area contributed by atoms with Crippen molar-refractivity contribution in [1.82, 2.24) is 0 Å². The molecule has 1 spiro atoms. The molecule has 1 aromatic carbocycles. The van der Waals surface area contributed by atoms with E-state index in [9.17, 15) is 20.4 Å². The fraction of sp³-hybridized carbons (Fsp3) is 0.524. The van der Waals surface area contributed by atoms with Gasteiger partial charge >= 0.3 is 0 Å². The molecule has 2 aromatic rings. The Kier molecular flexibility index (Phi) is 5.59. The number of aliphatic hydroxyl groups is 4. The number of rotatable bonds is 4. The van der Waals surface area contributed by atoms with Crippen LogP contribution >= 0.6 is 11.3 Å². The molecule has 4 N–H and O–H groups in total. The lowest BCUT2D eigenvalue weighted by molar-refractivity contribution is -0.376. The summed E-state index contributed by atoms with van der Waals surface area (Å²) in [7, 11) is 0. The monoisotopic (exact) mass is 406 g/mol. The predicted octanol–water partition coefficient (Wildman–Crippen LogP) is 1.10. The van der Waals surface area contributed by atoms with Gasteiger partial charge in [-0.05, 0) is 23.6 Å². The van der Waals surface area contributed by atoms with Crippen LogP contribution in [0.2, 0.25) is 0 Å². The molecule has 4 rings (SSSR count). The van der Waals surface area contributed by atoms with Gasteiger partial charge in [0.25, 0.3) is 0 Å². The van der Waals surface area contributed by atoms with Gasteiger partial charge in [-0.3, -0.25) is 0 Å². The van der Waals surface area contributed by atoms with Crippen LogP contribution in [0.25, 0.3) is 0 Å². The highest BCUT2D eigenvalue weighted by molar-refractivity contribution is 7.12. The Balaban J connectivity index is 1.65. The summed E-state index contributed by atoms with van der Waals surface area (Å²) < 4.78 is 11.7. The first-order chi connectivity index (χ1) is 13.5. The Morgan fingerprint density at radius 2 is 1.82 bits per heavy atom. The number of fused-ring (bicyclic) bond motifs is 2. The normalized spacial score (nSPS) is 32.5. The average molecular weight is 406 g/mol. The topological polar surface area (TPSA) is 99.4 Å². The van der Waals surface area contributed by atoms with Crippen molar-refractivity contribution in [2.75, 3.05) is 13.2 Å². The Labute approximate surface area is 168 Å². The SMILES string of the molecule is CCc1ccc(Cc2cc3c(s2)CCOC32O[C@H](CO)[C@@H](O)[C@H](O)[C@H]2O)cc1. The first-order valence-electron chi connectivity index (χ1n) is 9.65. The van der Waals surface area contributed by atoms with Gasteiger partial charge in [0.2, 0.25) is 5.79 Å². The van der Waals surface area contributed by atoms with Gasteiger partial charge in [0.05, 0.1) is 13.2 Å². The third-order valence-electron chi connectivity index (χ3n) is 5.64. The van der Waals surface area contributed by atoms with Gasteiger partial charge in [-0.15, -0.1) is 11.3 Å². The minimum Gasteiger partial charge on any atom is -0.394 e. The van der Waals surface area contributed by atoms with E-state index in [-0.39, 0.29) is 0 Å². The molecule has 1 fully saturated rings. The van der Waals surface area contributed by atoms with Gasteiger partial charge in [-0.1, -0.05) is 31.2 Å². The van der Waals surface area contributed by atoms with Gasteiger partial charge in [0.1, 0.15) is 24.4 Å². The van der Waals surface area contributed by atoms with Crippen molar-refractivity contribution in [2.24, 2.45) is 0 Å². The molecule has 2 aliphatic rings. The summed E-state index contributed by atoms with van der Waals surface area (Å²) in [5.41, 5.74) is 3.17. The highest BCUT2D eigenvalue weighted by Gasteiger charge is 2.57. The van der Waals surface area contributed by atoms with Gasteiger partial charge in [0, 0.05) is 28.2 Å². The predicted molar refractivity (Wildman–Crippen MR) is 104 cm³/mol. The number of aliphatic hydroxyl groups excluding tert-OH is 4. The zero-order valence-electron chi connectivity index (χ0n) is 15.7. The van der Waals surface area contributed by atoms with E-state index in [0.717, 1.165) is 22.6 Å². The second-order valence-corrected chi connectivity index (χ2v) is 8.65. The van der Waals surface area contributed by atoms with Crippen LogP contribution in [0, 0.1) is 0 Å². The smallest absolute Gasteiger partial charge is 0.226 e. The molecular formula is C21H26O6S. The van der Waals surface area contributed by atoms with Crippen LogP contribution in [0.3, 0.4) is 0 Å². The summed E-state index contributed by atoms with van der Waals surface area (Å²) in [4.78, 5) is 2.14. The fourth-order valence-electron chi connectivity index (χ4n) is 4.00. The Morgan fingerprint density at radius 3 is 2.50 bits per heavy atom. The highest BCUT2D eigenvalue weighted by atomic mass is 32.1. The molecule has 152 valence electrons. The van der Waals surface area contributed by atoms with E-state index >= 15 is 0 Å². The van der Waals surface area contributed by atoms with Crippen molar-refractivity contribution >= 4 is 11.3 Å². The van der Waals surface area contributed by atoms with Crippen LogP contribution < -0.4 is 0 Å². The molecular weight excluding hydrogens is 380 g/mol. The Bertz CT molecular complexity index is 817. The third-order valence-corrected chi connectivity index (χ3v) is 6.84. The molecule has 7 heteroatoms. The van der Waals surface area contributed by atoms with Gasteiger partial charge in [-0.25, -0.2) is 0 Å². The van der Waals surface area contributed by atoms with Crippen LogP contribution in [-0.2, 0) is 34.5 Å². The zero-order valence-corrected chi connectivity index (χ0v) is 16.6. The van der Waals surface area contributed by atoms with Gasteiger partial charge in [-0.2, -0.15) is 0 Å². The summed E-state index contributed by atoms with van der Waals surface area (Å²) in [6.45, 7) is 1.98. The number of aryl methyl sites for hydroxylation is 1. The van der Waals surface area contributed by atoms with Crippen molar-refractivity contribution in [3.8, 4) is 0 Å². The second kappa shape index (κ2) is 7.84. The quantitative estimate of drug-likeness (QED) is 0.607. The largest absolute Gasteiger partial charge is 0.394 e. The highest BCUT2D eigenvalue weighted by Crippen LogP contribution is 2.46. The number of hydrogen-bond acceptors (Lipinski definition) is 7. The van der Waals surface area contributed by atoms with E-state index in [2.05, 4.69) is 31.2 Å². The summed E-state index contributed by atoms with van der Waals surface area (Å²) in [5, 5.41) is 40.6. The molecule has 5 atom stereocenters. The maximum Gasteiger partial charge on any atom is 0.226 e. The van der Waals surface area contributed by atoms with Crippen LogP contribution in [-0.4, -0.2) is 58.1 Å². The molecule has 2 aliphatic heterocycles. The number of hydrogen-bond donors (Lipinski definition) is 4. The minimum absolute atomic E-state index is 0.330. The van der Waals surface area contributed by atoms with Crippen molar-refractivity contribution in [2.45, 2.75) is 56.4 Å². The first kappa shape index (κ1) is 20.0. The van der Waals surface area contributed by atoms with Crippen molar-refractivity contribution < 1.29 is 29.9 Å². The van der Waals surface area contributed by atoms with E-state index in [1.165, 1.54) is 11.1 Å². The summed E-state index contributed by atoms with van der Waals surface area (Å²) >= 11 is 1.64. The third kappa shape index (κ3) is 3.31. The van der Waals surface area contributed by atoms with Crippen molar-refractivity contribution in [3.63, 3.8) is 0 Å². The maximum absolute atomic E-state index is 10.7. The molecule has 6 nitrogen and oxygen atoms in total. The molecule has 1 saturated heterocycles. The molecule has 1 unspecified atom stereocenters. The first-order valence-corrected chi connectivity index (χ1v) is 10.5. The molecule has 1 aromatic heterocycles. The number of thiophene rings is 1. The molecule has 0 saturated carbocycles. The zero-order chi connectivity index (χ0) is 19.9. The van der Waals surface area contributed by atoms with E-state index in [0.29, 0.717) is 18.6 Å². The van der Waals surface area contributed by atoms with Gasteiger partial charge < -0.3 is 29.9 Å². The minimum atomic E-state index is -1.57.